The van der Waals surface area contributed by atoms with Crippen molar-refractivity contribution in [3.05, 3.63) is 23.8 Å². The van der Waals surface area contributed by atoms with Crippen molar-refractivity contribution in [1.29, 1.82) is 0 Å². The van der Waals surface area contributed by atoms with Gasteiger partial charge in [-0.05, 0) is 37.1 Å². The molecule has 1 aromatic carbocycles. The monoisotopic (exact) mass is 279 g/mol. The molecular weight excluding hydrogens is 254 g/mol. The summed E-state index contributed by atoms with van der Waals surface area (Å²) in [5.74, 6) is 2.14. The molecule has 112 valence electrons. The Labute approximate surface area is 121 Å². The summed E-state index contributed by atoms with van der Waals surface area (Å²) in [5, 5.41) is 3.49. The predicted molar refractivity (Wildman–Crippen MR) is 79.5 cm³/mol. The van der Waals surface area contributed by atoms with Crippen LogP contribution < -0.4 is 14.8 Å². The second-order valence-corrected chi connectivity index (χ2v) is 5.19. The number of methoxy groups -OCH3 is 2. The molecule has 1 aliphatic rings. The van der Waals surface area contributed by atoms with Gasteiger partial charge in [-0.25, -0.2) is 0 Å². The van der Waals surface area contributed by atoms with Crippen LogP contribution in [0.25, 0.3) is 0 Å². The second kappa shape index (κ2) is 7.50. The SMILES string of the molecule is CCCNCC1CCOC1c1cc(OC)cc(OC)c1. The van der Waals surface area contributed by atoms with E-state index in [-0.39, 0.29) is 6.10 Å². The van der Waals surface area contributed by atoms with E-state index in [1.165, 1.54) is 0 Å². The average molecular weight is 279 g/mol. The molecule has 2 atom stereocenters. The molecule has 1 N–H and O–H groups in total. The topological polar surface area (TPSA) is 39.7 Å². The summed E-state index contributed by atoms with van der Waals surface area (Å²) in [6.45, 7) is 5.06. The van der Waals surface area contributed by atoms with Gasteiger partial charge in [0.05, 0.1) is 20.3 Å². The molecule has 0 aliphatic carbocycles. The van der Waals surface area contributed by atoms with Gasteiger partial charge in [0.2, 0.25) is 0 Å². The summed E-state index contributed by atoms with van der Waals surface area (Å²) in [7, 11) is 3.35. The van der Waals surface area contributed by atoms with Crippen molar-refractivity contribution < 1.29 is 14.2 Å². The zero-order chi connectivity index (χ0) is 14.4. The minimum absolute atomic E-state index is 0.128. The van der Waals surface area contributed by atoms with Gasteiger partial charge < -0.3 is 19.5 Å². The number of ether oxygens (including phenoxy) is 3. The first-order valence-corrected chi connectivity index (χ1v) is 7.33. The summed E-state index contributed by atoms with van der Waals surface area (Å²) in [5.41, 5.74) is 1.14. The molecule has 0 bridgehead atoms. The van der Waals surface area contributed by atoms with E-state index in [1.807, 2.05) is 18.2 Å². The molecule has 0 aromatic heterocycles. The van der Waals surface area contributed by atoms with E-state index in [4.69, 9.17) is 14.2 Å². The Hall–Kier alpha value is -1.26. The number of hydrogen-bond donors (Lipinski definition) is 1. The summed E-state index contributed by atoms with van der Waals surface area (Å²) >= 11 is 0. The Bertz CT molecular complexity index is 400. The smallest absolute Gasteiger partial charge is 0.122 e. The van der Waals surface area contributed by atoms with E-state index in [0.29, 0.717) is 5.92 Å². The third kappa shape index (κ3) is 3.64. The van der Waals surface area contributed by atoms with Gasteiger partial charge in [0, 0.05) is 25.1 Å². The Morgan fingerprint density at radius 1 is 1.20 bits per heavy atom. The van der Waals surface area contributed by atoms with Crippen LogP contribution in [0.2, 0.25) is 0 Å². The Kier molecular flexibility index (Phi) is 5.68. The van der Waals surface area contributed by atoms with Crippen molar-refractivity contribution in [2.24, 2.45) is 5.92 Å². The van der Waals surface area contributed by atoms with Gasteiger partial charge in [-0.15, -0.1) is 0 Å². The van der Waals surface area contributed by atoms with Crippen molar-refractivity contribution in [1.82, 2.24) is 5.32 Å². The van der Waals surface area contributed by atoms with E-state index >= 15 is 0 Å². The Balaban J connectivity index is 2.12. The Morgan fingerprint density at radius 3 is 2.50 bits per heavy atom. The third-order valence-electron chi connectivity index (χ3n) is 3.75. The van der Waals surface area contributed by atoms with Crippen LogP contribution in [0.1, 0.15) is 31.4 Å². The molecule has 4 nitrogen and oxygen atoms in total. The molecule has 1 heterocycles. The van der Waals surface area contributed by atoms with E-state index in [2.05, 4.69) is 12.2 Å². The normalized spacial score (nSPS) is 21.9. The maximum atomic E-state index is 5.93. The van der Waals surface area contributed by atoms with E-state index in [9.17, 15) is 0 Å². The molecule has 1 saturated heterocycles. The van der Waals surface area contributed by atoms with Crippen LogP contribution in [-0.2, 0) is 4.74 Å². The van der Waals surface area contributed by atoms with Crippen LogP contribution >= 0.6 is 0 Å². The summed E-state index contributed by atoms with van der Waals surface area (Å²) in [6.07, 6.45) is 2.38. The van der Waals surface area contributed by atoms with Crippen LogP contribution in [-0.4, -0.2) is 33.9 Å². The van der Waals surface area contributed by atoms with Crippen molar-refractivity contribution in [3.63, 3.8) is 0 Å². The minimum Gasteiger partial charge on any atom is -0.497 e. The lowest BCUT2D eigenvalue weighted by Crippen LogP contribution is -2.25. The number of hydrogen-bond acceptors (Lipinski definition) is 4. The third-order valence-corrected chi connectivity index (χ3v) is 3.75. The molecule has 20 heavy (non-hydrogen) atoms. The molecule has 2 unspecified atom stereocenters. The fraction of sp³-hybridized carbons (Fsp3) is 0.625. The number of benzene rings is 1. The van der Waals surface area contributed by atoms with E-state index < -0.39 is 0 Å². The molecule has 0 amide bonds. The van der Waals surface area contributed by atoms with Gasteiger partial charge in [0.25, 0.3) is 0 Å². The van der Waals surface area contributed by atoms with E-state index in [0.717, 1.165) is 49.6 Å². The molecule has 1 fully saturated rings. The molecule has 0 radical (unpaired) electrons. The highest BCUT2D eigenvalue weighted by atomic mass is 16.5. The van der Waals surface area contributed by atoms with Crippen molar-refractivity contribution in [2.45, 2.75) is 25.9 Å². The average Bonchev–Trinajstić information content (AvgIpc) is 2.95. The lowest BCUT2D eigenvalue weighted by Gasteiger charge is -2.20. The van der Waals surface area contributed by atoms with Gasteiger partial charge >= 0.3 is 0 Å². The lowest BCUT2D eigenvalue weighted by atomic mass is 9.95. The zero-order valence-corrected chi connectivity index (χ0v) is 12.6. The highest BCUT2D eigenvalue weighted by Gasteiger charge is 2.30. The largest absolute Gasteiger partial charge is 0.497 e. The number of nitrogens with one attached hydrogen (secondary N) is 1. The van der Waals surface area contributed by atoms with Crippen LogP contribution in [0.15, 0.2) is 18.2 Å². The minimum atomic E-state index is 0.128. The molecular formula is C16H25NO3. The predicted octanol–water partition coefficient (Wildman–Crippen LogP) is 2.78. The summed E-state index contributed by atoms with van der Waals surface area (Å²) in [4.78, 5) is 0. The lowest BCUT2D eigenvalue weighted by molar-refractivity contribution is 0.0901. The van der Waals surface area contributed by atoms with Crippen LogP contribution in [0.3, 0.4) is 0 Å². The fourth-order valence-electron chi connectivity index (χ4n) is 2.67. The second-order valence-electron chi connectivity index (χ2n) is 5.19. The maximum absolute atomic E-state index is 5.93. The summed E-state index contributed by atoms with van der Waals surface area (Å²) < 4.78 is 16.6. The fourth-order valence-corrected chi connectivity index (χ4v) is 2.67. The maximum Gasteiger partial charge on any atom is 0.122 e. The highest BCUT2D eigenvalue weighted by molar-refractivity contribution is 5.39. The number of rotatable bonds is 7. The van der Waals surface area contributed by atoms with Gasteiger partial charge in [-0.2, -0.15) is 0 Å². The molecule has 1 aliphatic heterocycles. The molecule has 0 saturated carbocycles. The van der Waals surface area contributed by atoms with Crippen molar-refractivity contribution >= 4 is 0 Å². The zero-order valence-electron chi connectivity index (χ0n) is 12.6. The quantitative estimate of drug-likeness (QED) is 0.779. The van der Waals surface area contributed by atoms with Crippen LogP contribution in [0.4, 0.5) is 0 Å². The standard InChI is InChI=1S/C16H25NO3/c1-4-6-17-11-12-5-7-20-16(12)13-8-14(18-2)10-15(9-13)19-3/h8-10,12,16-17H,4-7,11H2,1-3H3. The van der Waals surface area contributed by atoms with Gasteiger partial charge in [-0.3, -0.25) is 0 Å². The molecule has 0 spiro atoms. The first-order chi connectivity index (χ1) is 9.78. The first kappa shape index (κ1) is 15.1. The van der Waals surface area contributed by atoms with Crippen LogP contribution in [0, 0.1) is 5.92 Å². The molecule has 1 aromatic rings. The Morgan fingerprint density at radius 2 is 1.90 bits per heavy atom. The molecule has 2 rings (SSSR count). The first-order valence-electron chi connectivity index (χ1n) is 7.33. The van der Waals surface area contributed by atoms with Crippen LogP contribution in [0.5, 0.6) is 11.5 Å². The summed E-state index contributed by atoms with van der Waals surface area (Å²) in [6, 6.07) is 5.99. The van der Waals surface area contributed by atoms with Gasteiger partial charge in [-0.1, -0.05) is 6.92 Å². The molecule has 4 heteroatoms. The van der Waals surface area contributed by atoms with Gasteiger partial charge in [0.15, 0.2) is 0 Å². The van der Waals surface area contributed by atoms with E-state index in [1.54, 1.807) is 14.2 Å². The van der Waals surface area contributed by atoms with Crippen molar-refractivity contribution in [3.8, 4) is 11.5 Å². The van der Waals surface area contributed by atoms with Gasteiger partial charge in [0.1, 0.15) is 11.5 Å². The van der Waals surface area contributed by atoms with Crippen molar-refractivity contribution in [2.75, 3.05) is 33.9 Å². The highest BCUT2D eigenvalue weighted by Crippen LogP contribution is 2.37.